The molecule has 1 saturated carbocycles. The van der Waals surface area contributed by atoms with Gasteiger partial charge in [0, 0.05) is 19.2 Å². The lowest BCUT2D eigenvalue weighted by atomic mass is 9.93. The van der Waals surface area contributed by atoms with E-state index in [-0.39, 0.29) is 23.3 Å². The van der Waals surface area contributed by atoms with Crippen LogP contribution in [0.2, 0.25) is 0 Å². The minimum absolute atomic E-state index is 0.0195. The summed E-state index contributed by atoms with van der Waals surface area (Å²) in [6, 6.07) is 5.62. The maximum atomic E-state index is 12.5. The zero-order valence-electron chi connectivity index (χ0n) is 10.7. The summed E-state index contributed by atoms with van der Waals surface area (Å²) in [5, 5.41) is 18.1. The van der Waals surface area contributed by atoms with Crippen LogP contribution in [-0.2, 0) is 10.0 Å². The van der Waals surface area contributed by atoms with Crippen LogP contribution in [0, 0.1) is 0 Å². The van der Waals surface area contributed by atoms with Gasteiger partial charge < -0.3 is 10.2 Å². The van der Waals surface area contributed by atoms with E-state index in [1.54, 1.807) is 0 Å². The summed E-state index contributed by atoms with van der Waals surface area (Å²) >= 11 is 0. The number of aliphatic hydroxyl groups excluding tert-OH is 1. The molecule has 0 spiro atoms. The van der Waals surface area contributed by atoms with Crippen LogP contribution in [0.1, 0.15) is 25.7 Å². The number of benzene rings is 1. The highest BCUT2D eigenvalue weighted by Crippen LogP contribution is 2.30. The molecule has 2 N–H and O–H groups in total. The normalized spacial score (nSPS) is 16.5. The average Bonchev–Trinajstić information content (AvgIpc) is 2.32. The van der Waals surface area contributed by atoms with E-state index in [0.717, 1.165) is 19.3 Å². The lowest BCUT2D eigenvalue weighted by Gasteiger charge is -2.36. The molecule has 5 nitrogen and oxygen atoms in total. The van der Waals surface area contributed by atoms with Crippen LogP contribution < -0.4 is 0 Å². The Morgan fingerprint density at radius 3 is 2.32 bits per heavy atom. The quantitative estimate of drug-likeness (QED) is 0.826. The van der Waals surface area contributed by atoms with Crippen LogP contribution in [-0.4, -0.2) is 42.1 Å². The smallest absolute Gasteiger partial charge is 0.243 e. The van der Waals surface area contributed by atoms with Crippen molar-refractivity contribution in [1.82, 2.24) is 4.31 Å². The standard InChI is InChI=1S/C13H19NO4S/c15-10-2-9-14(11-3-1-4-11)19(17,18)13-7-5-12(16)6-8-13/h5-8,11,15-16H,1-4,9-10H2. The Morgan fingerprint density at radius 2 is 1.84 bits per heavy atom. The molecular weight excluding hydrogens is 266 g/mol. The van der Waals surface area contributed by atoms with E-state index in [9.17, 15) is 13.5 Å². The molecule has 19 heavy (non-hydrogen) atoms. The van der Waals surface area contributed by atoms with Gasteiger partial charge in [-0.2, -0.15) is 4.31 Å². The third-order valence-electron chi connectivity index (χ3n) is 3.46. The average molecular weight is 285 g/mol. The summed E-state index contributed by atoms with van der Waals surface area (Å²) in [5.74, 6) is 0.0458. The van der Waals surface area contributed by atoms with Crippen LogP contribution in [0.5, 0.6) is 5.75 Å². The molecule has 0 amide bonds. The zero-order valence-corrected chi connectivity index (χ0v) is 11.5. The SMILES string of the molecule is O=S(=O)(c1ccc(O)cc1)N(CCCO)C1CCC1. The fraction of sp³-hybridized carbons (Fsp3) is 0.538. The summed E-state index contributed by atoms with van der Waals surface area (Å²) < 4.78 is 26.6. The Balaban J connectivity index is 2.24. The molecule has 106 valence electrons. The molecule has 6 heteroatoms. The van der Waals surface area contributed by atoms with E-state index < -0.39 is 10.0 Å². The second-order valence-corrected chi connectivity index (χ2v) is 6.66. The van der Waals surface area contributed by atoms with Crippen LogP contribution in [0.25, 0.3) is 0 Å². The topological polar surface area (TPSA) is 77.8 Å². The molecule has 2 rings (SSSR count). The van der Waals surface area contributed by atoms with Gasteiger partial charge in [-0.1, -0.05) is 6.42 Å². The molecule has 0 atom stereocenters. The molecule has 1 aromatic rings. The lowest BCUT2D eigenvalue weighted by molar-refractivity contribution is 0.198. The predicted molar refractivity (Wildman–Crippen MR) is 71.3 cm³/mol. The highest BCUT2D eigenvalue weighted by atomic mass is 32.2. The van der Waals surface area contributed by atoms with Gasteiger partial charge in [0.1, 0.15) is 5.75 Å². The van der Waals surface area contributed by atoms with Crippen molar-refractivity contribution in [1.29, 1.82) is 0 Å². The van der Waals surface area contributed by atoms with Crippen molar-refractivity contribution < 1.29 is 18.6 Å². The minimum atomic E-state index is -3.54. The third kappa shape index (κ3) is 3.08. The Hall–Kier alpha value is -1.11. The summed E-state index contributed by atoms with van der Waals surface area (Å²) in [7, 11) is -3.54. The van der Waals surface area contributed by atoms with Gasteiger partial charge in [0.2, 0.25) is 10.0 Å². The third-order valence-corrected chi connectivity index (χ3v) is 5.43. The number of rotatable bonds is 6. The van der Waals surface area contributed by atoms with Gasteiger partial charge in [-0.05, 0) is 43.5 Å². The molecule has 0 bridgehead atoms. The van der Waals surface area contributed by atoms with Gasteiger partial charge >= 0.3 is 0 Å². The summed E-state index contributed by atoms with van der Waals surface area (Å²) in [5.41, 5.74) is 0. The molecule has 0 aliphatic heterocycles. The molecule has 1 aromatic carbocycles. The molecular formula is C13H19NO4S. The van der Waals surface area contributed by atoms with E-state index in [1.165, 1.54) is 28.6 Å². The fourth-order valence-corrected chi connectivity index (χ4v) is 3.88. The molecule has 0 heterocycles. The van der Waals surface area contributed by atoms with Gasteiger partial charge in [-0.3, -0.25) is 0 Å². The van der Waals surface area contributed by atoms with Gasteiger partial charge in [0.15, 0.2) is 0 Å². The highest BCUT2D eigenvalue weighted by molar-refractivity contribution is 7.89. The van der Waals surface area contributed by atoms with Crippen LogP contribution >= 0.6 is 0 Å². The van der Waals surface area contributed by atoms with Gasteiger partial charge in [-0.25, -0.2) is 8.42 Å². The monoisotopic (exact) mass is 285 g/mol. The lowest BCUT2D eigenvalue weighted by Crippen LogP contribution is -2.44. The predicted octanol–water partition coefficient (Wildman–Crippen LogP) is 1.32. The number of hydrogen-bond acceptors (Lipinski definition) is 4. The van der Waals surface area contributed by atoms with E-state index in [4.69, 9.17) is 5.11 Å². The van der Waals surface area contributed by atoms with Gasteiger partial charge in [0.25, 0.3) is 0 Å². The van der Waals surface area contributed by atoms with Crippen LogP contribution in [0.3, 0.4) is 0 Å². The molecule has 0 aromatic heterocycles. The first-order chi connectivity index (χ1) is 9.05. The second kappa shape index (κ2) is 5.90. The number of hydrogen-bond donors (Lipinski definition) is 2. The number of aromatic hydroxyl groups is 1. The molecule has 1 aliphatic rings. The first-order valence-corrected chi connectivity index (χ1v) is 7.91. The molecule has 1 aliphatic carbocycles. The van der Waals surface area contributed by atoms with Crippen LogP contribution in [0.4, 0.5) is 0 Å². The highest BCUT2D eigenvalue weighted by Gasteiger charge is 2.34. The van der Waals surface area contributed by atoms with Gasteiger partial charge in [0.05, 0.1) is 4.90 Å². The molecule has 0 radical (unpaired) electrons. The Labute approximate surface area is 113 Å². The number of sulfonamides is 1. The second-order valence-electron chi connectivity index (χ2n) is 4.77. The summed E-state index contributed by atoms with van der Waals surface area (Å²) in [6.07, 6.45) is 3.24. The molecule has 1 fully saturated rings. The van der Waals surface area contributed by atoms with Crippen molar-refractivity contribution in [2.75, 3.05) is 13.2 Å². The maximum absolute atomic E-state index is 12.5. The van der Waals surface area contributed by atoms with Crippen molar-refractivity contribution in [3.63, 3.8) is 0 Å². The molecule has 0 unspecified atom stereocenters. The number of nitrogens with zero attached hydrogens (tertiary/aromatic N) is 1. The van der Waals surface area contributed by atoms with Crippen molar-refractivity contribution in [3.05, 3.63) is 24.3 Å². The van der Waals surface area contributed by atoms with E-state index in [2.05, 4.69) is 0 Å². The van der Waals surface area contributed by atoms with Crippen molar-refractivity contribution in [3.8, 4) is 5.75 Å². The van der Waals surface area contributed by atoms with Crippen molar-refractivity contribution >= 4 is 10.0 Å². The Bertz CT molecular complexity index is 508. The largest absolute Gasteiger partial charge is 0.508 e. The van der Waals surface area contributed by atoms with Crippen molar-refractivity contribution in [2.24, 2.45) is 0 Å². The van der Waals surface area contributed by atoms with E-state index in [0.29, 0.717) is 13.0 Å². The van der Waals surface area contributed by atoms with E-state index >= 15 is 0 Å². The van der Waals surface area contributed by atoms with E-state index in [1.807, 2.05) is 0 Å². The summed E-state index contributed by atoms with van der Waals surface area (Å²) in [6.45, 7) is 0.318. The maximum Gasteiger partial charge on any atom is 0.243 e. The number of phenolic OH excluding ortho intramolecular Hbond substituents is 1. The van der Waals surface area contributed by atoms with Crippen molar-refractivity contribution in [2.45, 2.75) is 36.6 Å². The minimum Gasteiger partial charge on any atom is -0.508 e. The van der Waals surface area contributed by atoms with Gasteiger partial charge in [-0.15, -0.1) is 0 Å². The fourth-order valence-electron chi connectivity index (χ4n) is 2.15. The summed E-state index contributed by atoms with van der Waals surface area (Å²) in [4.78, 5) is 0.190. The number of aliphatic hydroxyl groups is 1. The Morgan fingerprint density at radius 1 is 1.21 bits per heavy atom. The first-order valence-electron chi connectivity index (χ1n) is 6.47. The first kappa shape index (κ1) is 14.3. The Kier molecular flexibility index (Phi) is 4.44. The van der Waals surface area contributed by atoms with Crippen LogP contribution in [0.15, 0.2) is 29.2 Å². The molecule has 0 saturated heterocycles. The zero-order chi connectivity index (χ0) is 13.9. The number of phenols is 1.